The zero-order valence-electron chi connectivity index (χ0n) is 25.2. The highest BCUT2D eigenvalue weighted by atomic mass is 35.5. The van der Waals surface area contributed by atoms with Gasteiger partial charge in [0.1, 0.15) is 11.6 Å². The van der Waals surface area contributed by atoms with E-state index in [-0.39, 0.29) is 40.6 Å². The van der Waals surface area contributed by atoms with Crippen LogP contribution in [0.15, 0.2) is 60.7 Å². The van der Waals surface area contributed by atoms with Gasteiger partial charge < -0.3 is 31.1 Å². The van der Waals surface area contributed by atoms with Crippen molar-refractivity contribution in [3.8, 4) is 5.75 Å². The molecule has 11 heteroatoms. The Labute approximate surface area is 262 Å². The number of ether oxygens (including phenoxy) is 1. The number of carbonyl (C=O) groups excluding carboxylic acids is 3. The van der Waals surface area contributed by atoms with Crippen molar-refractivity contribution < 1.29 is 28.6 Å². The van der Waals surface area contributed by atoms with Crippen LogP contribution < -0.4 is 21.1 Å². The van der Waals surface area contributed by atoms with Gasteiger partial charge in [0.15, 0.2) is 0 Å². The van der Waals surface area contributed by atoms with Crippen LogP contribution in [-0.4, -0.2) is 66.6 Å². The van der Waals surface area contributed by atoms with E-state index in [4.69, 9.17) is 22.1 Å². The van der Waals surface area contributed by atoms with Crippen LogP contribution in [0.3, 0.4) is 0 Å². The van der Waals surface area contributed by atoms with Gasteiger partial charge in [-0.2, -0.15) is 0 Å². The minimum absolute atomic E-state index is 0.00270. The second-order valence-electron chi connectivity index (χ2n) is 10.6. The summed E-state index contributed by atoms with van der Waals surface area (Å²) in [6, 6.07) is 14.6. The number of aliphatic hydroxyl groups is 1. The zero-order chi connectivity index (χ0) is 32.2. The van der Waals surface area contributed by atoms with E-state index in [0.717, 1.165) is 18.4 Å². The van der Waals surface area contributed by atoms with Crippen LogP contribution in [0.2, 0.25) is 5.02 Å². The van der Waals surface area contributed by atoms with Gasteiger partial charge in [-0.05, 0) is 78.9 Å². The van der Waals surface area contributed by atoms with E-state index in [0.29, 0.717) is 30.9 Å². The molecule has 44 heavy (non-hydrogen) atoms. The van der Waals surface area contributed by atoms with Gasteiger partial charge in [-0.25, -0.2) is 4.39 Å². The molecule has 3 rings (SSSR count). The maximum absolute atomic E-state index is 14.1. The summed E-state index contributed by atoms with van der Waals surface area (Å²) in [5, 5.41) is 17.4. The van der Waals surface area contributed by atoms with Gasteiger partial charge in [0.2, 0.25) is 5.91 Å². The first-order valence-electron chi connectivity index (χ1n) is 14.6. The molecule has 5 N–H and O–H groups in total. The number of methoxy groups -OCH3 is 1. The van der Waals surface area contributed by atoms with Crippen LogP contribution in [0.4, 0.5) is 4.39 Å². The van der Waals surface area contributed by atoms with Gasteiger partial charge >= 0.3 is 0 Å². The zero-order valence-corrected chi connectivity index (χ0v) is 26.0. The smallest absolute Gasteiger partial charge is 0.253 e. The maximum Gasteiger partial charge on any atom is 0.253 e. The van der Waals surface area contributed by atoms with Gasteiger partial charge in [0, 0.05) is 47.9 Å². The Hall–Kier alpha value is -3.99. The topological polar surface area (TPSA) is 134 Å². The Bertz CT molecular complexity index is 1430. The lowest BCUT2D eigenvalue weighted by molar-refractivity contribution is 0.0755. The third-order valence-electron chi connectivity index (χ3n) is 6.98. The number of aliphatic hydroxyl groups excluding tert-OH is 1. The molecule has 0 fully saturated rings. The Morgan fingerprint density at radius 1 is 0.977 bits per heavy atom. The first-order chi connectivity index (χ1) is 21.0. The van der Waals surface area contributed by atoms with E-state index in [2.05, 4.69) is 10.6 Å². The first kappa shape index (κ1) is 34.5. The van der Waals surface area contributed by atoms with E-state index in [1.54, 1.807) is 18.1 Å². The lowest BCUT2D eigenvalue weighted by atomic mass is 9.99. The second-order valence-corrected chi connectivity index (χ2v) is 11.0. The summed E-state index contributed by atoms with van der Waals surface area (Å²) in [4.78, 5) is 40.7. The van der Waals surface area contributed by atoms with Gasteiger partial charge in [-0.3, -0.25) is 14.4 Å². The molecule has 3 amide bonds. The quantitative estimate of drug-likeness (QED) is 0.187. The number of rotatable bonds is 16. The third-order valence-corrected chi connectivity index (χ3v) is 7.19. The number of benzene rings is 3. The van der Waals surface area contributed by atoms with Crippen molar-refractivity contribution in [3.63, 3.8) is 0 Å². The molecular formula is C33H40ClFN4O5. The molecule has 3 aromatic rings. The molecule has 0 radical (unpaired) electrons. The molecule has 0 aliphatic heterocycles. The Morgan fingerprint density at radius 3 is 2.30 bits per heavy atom. The van der Waals surface area contributed by atoms with Crippen molar-refractivity contribution in [2.45, 2.75) is 51.8 Å². The molecule has 0 bridgehead atoms. The van der Waals surface area contributed by atoms with Gasteiger partial charge in [0.25, 0.3) is 11.8 Å². The summed E-state index contributed by atoms with van der Waals surface area (Å²) in [5.41, 5.74) is 7.12. The first-order valence-corrected chi connectivity index (χ1v) is 14.9. The fourth-order valence-electron chi connectivity index (χ4n) is 4.87. The molecule has 0 heterocycles. The Morgan fingerprint density at radius 2 is 1.66 bits per heavy atom. The fourth-order valence-corrected chi connectivity index (χ4v) is 5.11. The molecule has 9 nitrogen and oxygen atoms in total. The minimum Gasteiger partial charge on any atom is -0.497 e. The van der Waals surface area contributed by atoms with Crippen LogP contribution >= 0.6 is 11.6 Å². The lowest BCUT2D eigenvalue weighted by Gasteiger charge is -2.25. The molecule has 0 saturated heterocycles. The molecule has 0 spiro atoms. The predicted molar refractivity (Wildman–Crippen MR) is 169 cm³/mol. The standard InChI is InChI=1S/C33H40ClFN4O5/c1-4-9-39(10-5-2)33(43)25-16-23(31(36)41)15-24(17-25)32(42)38-29(14-22-11-26(34)18-27(35)12-22)30(40)20-37-19-21-7-6-8-28(13-21)44-3/h6-8,11-13,15-18,29-30,37,40H,4-5,9-10,14,19-20H2,1-3H3,(H2,36,41)(H,38,42)/t29-,30+/m0/s1. The number of nitrogens with one attached hydrogen (secondary N) is 2. The Balaban J connectivity index is 1.87. The molecule has 0 saturated carbocycles. The molecular weight excluding hydrogens is 587 g/mol. The summed E-state index contributed by atoms with van der Waals surface area (Å²) in [6.45, 7) is 5.44. The highest BCUT2D eigenvalue weighted by molar-refractivity contribution is 6.30. The number of nitrogens with two attached hydrogens (primary N) is 1. The van der Waals surface area contributed by atoms with Crippen molar-refractivity contribution in [2.24, 2.45) is 5.73 Å². The van der Waals surface area contributed by atoms with Gasteiger partial charge in [0.05, 0.1) is 19.3 Å². The fraction of sp³-hybridized carbons (Fsp3) is 0.364. The highest BCUT2D eigenvalue weighted by Crippen LogP contribution is 2.19. The summed E-state index contributed by atoms with van der Waals surface area (Å²) >= 11 is 6.06. The molecule has 0 aliphatic carbocycles. The second kappa shape index (κ2) is 16.7. The van der Waals surface area contributed by atoms with Crippen LogP contribution in [-0.2, 0) is 13.0 Å². The maximum atomic E-state index is 14.1. The Kier molecular flexibility index (Phi) is 13.1. The molecule has 236 valence electrons. The number of carbonyl (C=O) groups is 3. The number of halogens is 2. The van der Waals surface area contributed by atoms with E-state index in [9.17, 15) is 23.9 Å². The minimum atomic E-state index is -1.11. The molecule has 0 aromatic heterocycles. The number of amides is 3. The summed E-state index contributed by atoms with van der Waals surface area (Å²) < 4.78 is 19.4. The van der Waals surface area contributed by atoms with Gasteiger partial charge in [-0.15, -0.1) is 0 Å². The summed E-state index contributed by atoms with van der Waals surface area (Å²) in [7, 11) is 1.58. The number of hydrogen-bond acceptors (Lipinski definition) is 6. The van der Waals surface area contributed by atoms with E-state index in [1.807, 2.05) is 38.1 Å². The van der Waals surface area contributed by atoms with E-state index < -0.39 is 29.8 Å². The molecule has 0 aliphatic rings. The summed E-state index contributed by atoms with van der Waals surface area (Å²) in [5.74, 6) is -1.61. The van der Waals surface area contributed by atoms with Crippen LogP contribution in [0.1, 0.15) is 68.9 Å². The third kappa shape index (κ3) is 10.0. The predicted octanol–water partition coefficient (Wildman–Crippen LogP) is 4.34. The van der Waals surface area contributed by atoms with Gasteiger partial charge in [-0.1, -0.05) is 37.6 Å². The van der Waals surface area contributed by atoms with Crippen LogP contribution in [0.5, 0.6) is 5.75 Å². The van der Waals surface area contributed by atoms with Crippen molar-refractivity contribution in [1.82, 2.24) is 15.5 Å². The van der Waals surface area contributed by atoms with Crippen LogP contribution in [0.25, 0.3) is 0 Å². The van der Waals surface area contributed by atoms with E-state index in [1.165, 1.54) is 30.3 Å². The highest BCUT2D eigenvalue weighted by Gasteiger charge is 2.25. The van der Waals surface area contributed by atoms with Crippen molar-refractivity contribution in [3.05, 3.63) is 99.3 Å². The molecule has 3 aromatic carbocycles. The largest absolute Gasteiger partial charge is 0.497 e. The van der Waals surface area contributed by atoms with Crippen molar-refractivity contribution in [1.29, 1.82) is 0 Å². The monoisotopic (exact) mass is 626 g/mol. The SMILES string of the molecule is CCCN(CCC)C(=O)c1cc(C(N)=O)cc(C(=O)N[C@@H](Cc2cc(F)cc(Cl)c2)[C@H](O)CNCc2cccc(OC)c2)c1. The van der Waals surface area contributed by atoms with Crippen molar-refractivity contribution >= 4 is 29.3 Å². The summed E-state index contributed by atoms with van der Waals surface area (Å²) in [6.07, 6.45) is 0.415. The average Bonchev–Trinajstić information content (AvgIpc) is 2.99. The van der Waals surface area contributed by atoms with Crippen molar-refractivity contribution in [2.75, 3.05) is 26.7 Å². The van der Waals surface area contributed by atoms with E-state index >= 15 is 0 Å². The van der Waals surface area contributed by atoms with Crippen LogP contribution in [0, 0.1) is 5.82 Å². The molecule has 0 unspecified atom stereocenters. The lowest BCUT2D eigenvalue weighted by Crippen LogP contribution is -2.48. The number of primary amides is 1. The number of hydrogen-bond donors (Lipinski definition) is 4. The normalized spacial score (nSPS) is 12.3. The molecule has 2 atom stereocenters. The number of nitrogens with zero attached hydrogens (tertiary/aromatic N) is 1. The average molecular weight is 627 g/mol.